The molecule has 234 valence electrons. The molecule has 0 atom stereocenters. The molecule has 0 heterocycles. The maximum atomic E-state index is 5.83. The Morgan fingerprint density at radius 3 is 1.51 bits per heavy atom. The smallest absolute Gasteiger partial charge is 0.00201 e. The Hall–Kier alpha value is -5.40. The molecule has 7 aromatic carbocycles. The number of hydrogen-bond donors (Lipinski definition) is 1. The standard InChI is InChI=1S/C42H33N.2C2H6/c1-2-13-29(26-27-43)31-16-12-17-32(28-31)41-36-20-8-10-22-38(36)42(39-23-11-9-21-37(39)41)40-25-24-33(30-14-4-3-5-15-30)34-18-6-7-19-35(34)40;2*1-2/h3-28H,2,43H2,1H3;2*1-2H3/b27-26-,29-13+;;. The van der Waals surface area contributed by atoms with Gasteiger partial charge in [-0.05, 0) is 102 Å². The summed E-state index contributed by atoms with van der Waals surface area (Å²) in [5, 5.41) is 7.53. The molecule has 2 N–H and O–H groups in total. The average molecular weight is 612 g/mol. The molecule has 0 unspecified atom stereocenters. The molecule has 0 aromatic heterocycles. The van der Waals surface area contributed by atoms with Gasteiger partial charge in [-0.25, -0.2) is 0 Å². The van der Waals surface area contributed by atoms with Gasteiger partial charge in [0.25, 0.3) is 0 Å². The Balaban J connectivity index is 0.00000105. The number of fused-ring (bicyclic) bond motifs is 3. The van der Waals surface area contributed by atoms with Gasteiger partial charge in [0.2, 0.25) is 0 Å². The van der Waals surface area contributed by atoms with Gasteiger partial charge in [0.15, 0.2) is 0 Å². The first kappa shape index (κ1) is 33.0. The molecule has 0 aliphatic heterocycles. The van der Waals surface area contributed by atoms with E-state index in [0.29, 0.717) is 0 Å². The quantitative estimate of drug-likeness (QED) is 0.147. The number of allylic oxidation sites excluding steroid dienone is 3. The van der Waals surface area contributed by atoms with Gasteiger partial charge in [0.1, 0.15) is 0 Å². The fraction of sp³-hybridized carbons (Fsp3) is 0.130. The van der Waals surface area contributed by atoms with Gasteiger partial charge in [0, 0.05) is 0 Å². The molecule has 0 aliphatic rings. The van der Waals surface area contributed by atoms with Crippen molar-refractivity contribution in [3.63, 3.8) is 0 Å². The lowest BCUT2D eigenvalue weighted by atomic mass is 9.83. The predicted molar refractivity (Wildman–Crippen MR) is 210 cm³/mol. The van der Waals surface area contributed by atoms with Crippen LogP contribution in [0.1, 0.15) is 46.6 Å². The van der Waals surface area contributed by atoms with Crippen molar-refractivity contribution in [2.45, 2.75) is 41.0 Å². The maximum Gasteiger partial charge on any atom is -0.00201 e. The van der Waals surface area contributed by atoms with Crippen molar-refractivity contribution in [3.8, 4) is 33.4 Å². The molecule has 0 saturated carbocycles. The zero-order valence-corrected chi connectivity index (χ0v) is 28.3. The minimum atomic E-state index is 0.946. The first-order valence-corrected chi connectivity index (χ1v) is 17.0. The van der Waals surface area contributed by atoms with E-state index in [1.807, 2.05) is 33.8 Å². The Morgan fingerprint density at radius 2 is 0.957 bits per heavy atom. The number of benzene rings is 7. The van der Waals surface area contributed by atoms with E-state index in [4.69, 9.17) is 5.73 Å². The average Bonchev–Trinajstić information content (AvgIpc) is 3.15. The van der Waals surface area contributed by atoms with Crippen LogP contribution in [0.3, 0.4) is 0 Å². The summed E-state index contributed by atoms with van der Waals surface area (Å²) < 4.78 is 0. The minimum absolute atomic E-state index is 0.946. The van der Waals surface area contributed by atoms with Crippen LogP contribution in [0.25, 0.3) is 71.3 Å². The second kappa shape index (κ2) is 15.7. The number of rotatable bonds is 6. The van der Waals surface area contributed by atoms with Crippen LogP contribution in [0, 0.1) is 0 Å². The minimum Gasteiger partial charge on any atom is -0.405 e. The fourth-order valence-electron chi connectivity index (χ4n) is 6.58. The van der Waals surface area contributed by atoms with Crippen LogP contribution >= 0.6 is 0 Å². The number of hydrogen-bond acceptors (Lipinski definition) is 1. The first-order valence-electron chi connectivity index (χ1n) is 17.0. The Morgan fingerprint density at radius 1 is 0.489 bits per heavy atom. The van der Waals surface area contributed by atoms with Gasteiger partial charge in [-0.2, -0.15) is 0 Å². The summed E-state index contributed by atoms with van der Waals surface area (Å²) in [4.78, 5) is 0. The van der Waals surface area contributed by atoms with Crippen molar-refractivity contribution in [1.29, 1.82) is 0 Å². The maximum absolute atomic E-state index is 5.83. The Bertz CT molecular complexity index is 2110. The van der Waals surface area contributed by atoms with Crippen LogP contribution in [0.4, 0.5) is 0 Å². The van der Waals surface area contributed by atoms with Gasteiger partial charge in [0.05, 0.1) is 0 Å². The Labute approximate surface area is 280 Å². The van der Waals surface area contributed by atoms with Gasteiger partial charge in [-0.1, -0.05) is 174 Å². The highest BCUT2D eigenvalue weighted by Crippen LogP contribution is 2.46. The van der Waals surface area contributed by atoms with E-state index in [9.17, 15) is 0 Å². The van der Waals surface area contributed by atoms with Gasteiger partial charge >= 0.3 is 0 Å². The molecule has 0 aliphatic carbocycles. The van der Waals surface area contributed by atoms with Gasteiger partial charge < -0.3 is 5.73 Å². The normalized spacial score (nSPS) is 11.3. The molecular formula is C46H45N. The van der Waals surface area contributed by atoms with E-state index in [1.165, 1.54) is 71.3 Å². The predicted octanol–water partition coefficient (Wildman–Crippen LogP) is 13.5. The third-order valence-corrected chi connectivity index (χ3v) is 8.39. The van der Waals surface area contributed by atoms with Crippen molar-refractivity contribution >= 4 is 37.9 Å². The topological polar surface area (TPSA) is 26.0 Å². The molecule has 1 nitrogen and oxygen atoms in total. The third-order valence-electron chi connectivity index (χ3n) is 8.39. The monoisotopic (exact) mass is 611 g/mol. The highest BCUT2D eigenvalue weighted by molar-refractivity contribution is 6.24. The summed E-state index contributed by atoms with van der Waals surface area (Å²) in [7, 11) is 0. The zero-order valence-electron chi connectivity index (χ0n) is 28.3. The van der Waals surface area contributed by atoms with Crippen LogP contribution in [-0.2, 0) is 0 Å². The summed E-state index contributed by atoms with van der Waals surface area (Å²) in [6, 6.07) is 50.7. The van der Waals surface area contributed by atoms with E-state index in [0.717, 1.165) is 12.0 Å². The van der Waals surface area contributed by atoms with E-state index < -0.39 is 0 Å². The van der Waals surface area contributed by atoms with E-state index in [2.05, 4.69) is 153 Å². The lowest BCUT2D eigenvalue weighted by molar-refractivity contribution is 1.23. The molecule has 7 aromatic rings. The molecule has 0 fully saturated rings. The fourth-order valence-corrected chi connectivity index (χ4v) is 6.58. The number of nitrogens with two attached hydrogens (primary N) is 1. The summed E-state index contributed by atoms with van der Waals surface area (Å²) in [6.07, 6.45) is 6.79. The lowest BCUT2D eigenvalue weighted by Crippen LogP contribution is -1.93. The summed E-state index contributed by atoms with van der Waals surface area (Å²) >= 11 is 0. The van der Waals surface area contributed by atoms with Crippen LogP contribution in [0.2, 0.25) is 0 Å². The SMILES string of the molecule is CC.CC.CC/C=C(\C=C/N)c1cccc(-c2c3ccccc3c(-c3ccc(-c4ccccc4)c4ccccc34)c3ccccc23)c1. The second-order valence-electron chi connectivity index (χ2n) is 10.9. The molecular weight excluding hydrogens is 567 g/mol. The van der Waals surface area contributed by atoms with Crippen molar-refractivity contribution < 1.29 is 0 Å². The highest BCUT2D eigenvalue weighted by Gasteiger charge is 2.19. The summed E-state index contributed by atoms with van der Waals surface area (Å²) in [5.74, 6) is 0. The molecule has 0 amide bonds. The summed E-state index contributed by atoms with van der Waals surface area (Å²) in [6.45, 7) is 10.2. The molecule has 0 radical (unpaired) electrons. The third kappa shape index (κ3) is 6.48. The highest BCUT2D eigenvalue weighted by atomic mass is 14.5. The van der Waals surface area contributed by atoms with Crippen molar-refractivity contribution in [1.82, 2.24) is 0 Å². The Kier molecular flexibility index (Phi) is 11.0. The van der Waals surface area contributed by atoms with Crippen molar-refractivity contribution in [2.75, 3.05) is 0 Å². The first-order chi connectivity index (χ1) is 23.3. The molecule has 0 spiro atoms. The van der Waals surface area contributed by atoms with Crippen LogP contribution in [0.5, 0.6) is 0 Å². The van der Waals surface area contributed by atoms with Crippen LogP contribution in [-0.4, -0.2) is 0 Å². The lowest BCUT2D eigenvalue weighted by Gasteiger charge is -2.20. The van der Waals surface area contributed by atoms with Crippen LogP contribution < -0.4 is 5.73 Å². The molecule has 0 saturated heterocycles. The van der Waals surface area contributed by atoms with Crippen molar-refractivity contribution in [2.24, 2.45) is 5.73 Å². The second-order valence-corrected chi connectivity index (χ2v) is 10.9. The zero-order chi connectivity index (χ0) is 33.2. The van der Waals surface area contributed by atoms with Crippen LogP contribution in [0.15, 0.2) is 158 Å². The molecule has 47 heavy (non-hydrogen) atoms. The molecule has 0 bridgehead atoms. The van der Waals surface area contributed by atoms with E-state index in [1.54, 1.807) is 6.20 Å². The van der Waals surface area contributed by atoms with E-state index >= 15 is 0 Å². The largest absolute Gasteiger partial charge is 0.405 e. The molecule has 7 rings (SSSR count). The van der Waals surface area contributed by atoms with Gasteiger partial charge in [-0.3, -0.25) is 0 Å². The summed E-state index contributed by atoms with van der Waals surface area (Å²) in [5.41, 5.74) is 15.6. The van der Waals surface area contributed by atoms with Crippen molar-refractivity contribution in [3.05, 3.63) is 163 Å². The molecule has 1 heteroatoms. The van der Waals surface area contributed by atoms with E-state index in [-0.39, 0.29) is 0 Å². The van der Waals surface area contributed by atoms with Gasteiger partial charge in [-0.15, -0.1) is 0 Å².